The third kappa shape index (κ3) is 5.32. The minimum atomic E-state index is 0.0540. The summed E-state index contributed by atoms with van der Waals surface area (Å²) in [6, 6.07) is 0.154. The van der Waals surface area contributed by atoms with Crippen molar-refractivity contribution in [3.63, 3.8) is 0 Å². The van der Waals surface area contributed by atoms with E-state index in [1.54, 1.807) is 4.68 Å². The standard InChI is InChI=1S/C15H27ClN4O/c1-6-19(7-2)10-11(3)17-14(21)8-9-20-13(5)15(16)12(4)18-20/h11H,6-10H2,1-5H3,(H,17,21). The summed E-state index contributed by atoms with van der Waals surface area (Å²) in [7, 11) is 0. The number of nitrogens with one attached hydrogen (secondary N) is 1. The average molecular weight is 315 g/mol. The van der Waals surface area contributed by atoms with Gasteiger partial charge in [-0.25, -0.2) is 0 Å². The molecule has 0 spiro atoms. The van der Waals surface area contributed by atoms with Crippen LogP contribution in [0, 0.1) is 13.8 Å². The molecule has 1 amide bonds. The first-order valence-corrected chi connectivity index (χ1v) is 7.98. The number of aryl methyl sites for hydroxylation is 2. The summed E-state index contributed by atoms with van der Waals surface area (Å²) >= 11 is 6.10. The van der Waals surface area contributed by atoms with Gasteiger partial charge >= 0.3 is 0 Å². The Balaban J connectivity index is 2.42. The number of hydrogen-bond donors (Lipinski definition) is 1. The molecule has 0 aromatic carbocycles. The highest BCUT2D eigenvalue weighted by atomic mass is 35.5. The number of carbonyl (C=O) groups is 1. The molecule has 21 heavy (non-hydrogen) atoms. The largest absolute Gasteiger partial charge is 0.352 e. The Kier molecular flexibility index (Phi) is 7.18. The van der Waals surface area contributed by atoms with Gasteiger partial charge in [0, 0.05) is 19.0 Å². The Morgan fingerprint density at radius 1 is 1.38 bits per heavy atom. The lowest BCUT2D eigenvalue weighted by atomic mass is 10.2. The Bertz CT molecular complexity index is 468. The average Bonchev–Trinajstić information content (AvgIpc) is 2.69. The fraction of sp³-hybridized carbons (Fsp3) is 0.733. The molecule has 0 saturated heterocycles. The van der Waals surface area contributed by atoms with Gasteiger partial charge in [-0.3, -0.25) is 9.48 Å². The lowest BCUT2D eigenvalue weighted by molar-refractivity contribution is -0.122. The molecule has 0 radical (unpaired) electrons. The molecular weight excluding hydrogens is 288 g/mol. The van der Waals surface area contributed by atoms with Crippen LogP contribution < -0.4 is 5.32 Å². The lowest BCUT2D eigenvalue weighted by Crippen LogP contribution is -2.42. The van der Waals surface area contributed by atoms with E-state index < -0.39 is 0 Å². The summed E-state index contributed by atoms with van der Waals surface area (Å²) in [6.07, 6.45) is 0.418. The van der Waals surface area contributed by atoms with Gasteiger partial charge in [0.15, 0.2) is 0 Å². The molecule has 0 fully saturated rings. The van der Waals surface area contributed by atoms with Crippen molar-refractivity contribution < 1.29 is 4.79 Å². The van der Waals surface area contributed by atoms with Crippen LogP contribution in [0.2, 0.25) is 5.02 Å². The van der Waals surface area contributed by atoms with Gasteiger partial charge in [0.25, 0.3) is 0 Å². The van der Waals surface area contributed by atoms with E-state index in [4.69, 9.17) is 11.6 Å². The van der Waals surface area contributed by atoms with Gasteiger partial charge in [-0.15, -0.1) is 0 Å². The zero-order valence-corrected chi connectivity index (χ0v) is 14.5. The van der Waals surface area contributed by atoms with E-state index in [1.807, 2.05) is 20.8 Å². The number of hydrogen-bond acceptors (Lipinski definition) is 3. The van der Waals surface area contributed by atoms with Crippen molar-refractivity contribution in [3.8, 4) is 0 Å². The lowest BCUT2D eigenvalue weighted by Gasteiger charge is -2.23. The molecule has 1 heterocycles. The molecule has 0 bridgehead atoms. The number of rotatable bonds is 8. The third-order valence-corrected chi connectivity index (χ3v) is 4.22. The highest BCUT2D eigenvalue weighted by molar-refractivity contribution is 6.31. The fourth-order valence-electron chi connectivity index (χ4n) is 2.36. The zero-order chi connectivity index (χ0) is 16.0. The van der Waals surface area contributed by atoms with Gasteiger partial charge < -0.3 is 10.2 Å². The van der Waals surface area contributed by atoms with Crippen molar-refractivity contribution in [2.24, 2.45) is 0 Å². The van der Waals surface area contributed by atoms with E-state index in [-0.39, 0.29) is 11.9 Å². The van der Waals surface area contributed by atoms with Crippen molar-refractivity contribution in [1.29, 1.82) is 0 Å². The molecule has 1 aromatic rings. The summed E-state index contributed by atoms with van der Waals surface area (Å²) in [4.78, 5) is 14.3. The Hall–Kier alpha value is -1.07. The highest BCUT2D eigenvalue weighted by Crippen LogP contribution is 2.18. The molecule has 0 aliphatic carbocycles. The van der Waals surface area contributed by atoms with E-state index in [0.29, 0.717) is 18.0 Å². The molecule has 120 valence electrons. The maximum Gasteiger partial charge on any atom is 0.222 e. The smallest absolute Gasteiger partial charge is 0.222 e. The second-order valence-electron chi connectivity index (χ2n) is 5.41. The Morgan fingerprint density at radius 2 is 2.00 bits per heavy atom. The van der Waals surface area contributed by atoms with Gasteiger partial charge in [0.2, 0.25) is 5.91 Å². The molecule has 1 rings (SSSR count). The predicted molar refractivity (Wildman–Crippen MR) is 86.7 cm³/mol. The third-order valence-electron chi connectivity index (χ3n) is 3.68. The predicted octanol–water partition coefficient (Wildman–Crippen LogP) is 2.39. The number of halogens is 1. The topological polar surface area (TPSA) is 50.2 Å². The molecule has 1 aromatic heterocycles. The van der Waals surface area contributed by atoms with Crippen LogP contribution in [-0.4, -0.2) is 46.3 Å². The summed E-state index contributed by atoms with van der Waals surface area (Å²) < 4.78 is 1.80. The molecule has 5 nitrogen and oxygen atoms in total. The summed E-state index contributed by atoms with van der Waals surface area (Å²) in [5, 5.41) is 8.05. The number of amides is 1. The molecule has 1 unspecified atom stereocenters. The SMILES string of the molecule is CCN(CC)CC(C)NC(=O)CCn1nc(C)c(Cl)c1C. The first-order chi connectivity index (χ1) is 9.88. The van der Waals surface area contributed by atoms with Crippen molar-refractivity contribution >= 4 is 17.5 Å². The molecule has 6 heteroatoms. The van der Waals surface area contributed by atoms with E-state index >= 15 is 0 Å². The molecule has 1 N–H and O–H groups in total. The highest BCUT2D eigenvalue weighted by Gasteiger charge is 2.13. The van der Waals surface area contributed by atoms with Crippen LogP contribution in [-0.2, 0) is 11.3 Å². The Morgan fingerprint density at radius 3 is 2.48 bits per heavy atom. The second-order valence-corrected chi connectivity index (χ2v) is 5.79. The number of likely N-dealkylation sites (N-methyl/N-ethyl adjacent to an activating group) is 1. The van der Waals surface area contributed by atoms with Crippen molar-refractivity contribution in [3.05, 3.63) is 16.4 Å². The van der Waals surface area contributed by atoms with Crippen LogP contribution in [0.3, 0.4) is 0 Å². The van der Waals surface area contributed by atoms with Crippen molar-refractivity contribution in [2.75, 3.05) is 19.6 Å². The fourth-order valence-corrected chi connectivity index (χ4v) is 2.50. The van der Waals surface area contributed by atoms with Crippen LogP contribution in [0.25, 0.3) is 0 Å². The molecule has 0 saturated carbocycles. The number of carbonyl (C=O) groups excluding carboxylic acids is 1. The monoisotopic (exact) mass is 314 g/mol. The van der Waals surface area contributed by atoms with E-state index in [2.05, 4.69) is 29.2 Å². The minimum Gasteiger partial charge on any atom is -0.352 e. The summed E-state index contributed by atoms with van der Waals surface area (Å²) in [6.45, 7) is 13.5. The van der Waals surface area contributed by atoms with Crippen LogP contribution in [0.4, 0.5) is 0 Å². The van der Waals surface area contributed by atoms with Gasteiger partial charge in [0.1, 0.15) is 0 Å². The van der Waals surface area contributed by atoms with Gasteiger partial charge in [-0.2, -0.15) is 5.10 Å². The van der Waals surface area contributed by atoms with Gasteiger partial charge in [-0.05, 0) is 33.9 Å². The van der Waals surface area contributed by atoms with Crippen LogP contribution in [0.15, 0.2) is 0 Å². The van der Waals surface area contributed by atoms with Gasteiger partial charge in [-0.1, -0.05) is 25.4 Å². The summed E-state index contributed by atoms with van der Waals surface area (Å²) in [5.41, 5.74) is 1.72. The van der Waals surface area contributed by atoms with E-state index in [1.165, 1.54) is 0 Å². The van der Waals surface area contributed by atoms with E-state index in [9.17, 15) is 4.79 Å². The molecule has 0 aliphatic heterocycles. The molecule has 0 aliphatic rings. The first kappa shape index (κ1) is 18.0. The zero-order valence-electron chi connectivity index (χ0n) is 13.7. The normalized spacial score (nSPS) is 12.7. The minimum absolute atomic E-state index is 0.0540. The number of aromatic nitrogens is 2. The van der Waals surface area contributed by atoms with E-state index in [0.717, 1.165) is 31.0 Å². The first-order valence-electron chi connectivity index (χ1n) is 7.60. The van der Waals surface area contributed by atoms with Crippen LogP contribution in [0.5, 0.6) is 0 Å². The van der Waals surface area contributed by atoms with Crippen LogP contribution >= 0.6 is 11.6 Å². The second kappa shape index (κ2) is 8.39. The molecular formula is C15H27ClN4O. The maximum atomic E-state index is 12.0. The van der Waals surface area contributed by atoms with Crippen molar-refractivity contribution in [2.45, 2.75) is 53.6 Å². The summed E-state index contributed by atoms with van der Waals surface area (Å²) in [5.74, 6) is 0.0540. The van der Waals surface area contributed by atoms with Crippen LogP contribution in [0.1, 0.15) is 38.6 Å². The quantitative estimate of drug-likeness (QED) is 0.801. The number of nitrogens with zero attached hydrogens (tertiary/aromatic N) is 3. The maximum absolute atomic E-state index is 12.0. The molecule has 1 atom stereocenters. The Labute approximate surface area is 132 Å². The van der Waals surface area contributed by atoms with Gasteiger partial charge in [0.05, 0.1) is 23.0 Å². The van der Waals surface area contributed by atoms with Crippen molar-refractivity contribution in [1.82, 2.24) is 20.0 Å².